The summed E-state index contributed by atoms with van der Waals surface area (Å²) in [5, 5.41) is 20.6. The molecule has 6 heteroatoms. The fourth-order valence-corrected chi connectivity index (χ4v) is 1.19. The highest BCUT2D eigenvalue weighted by Gasteiger charge is 2.33. The Morgan fingerprint density at radius 2 is 2.00 bits per heavy atom. The minimum Gasteiger partial charge on any atom is -0.481 e. The highest BCUT2D eigenvalue weighted by molar-refractivity contribution is 5.81. The van der Waals surface area contributed by atoms with Crippen LogP contribution >= 0.6 is 0 Å². The molecule has 0 aromatic carbocycles. The maximum atomic E-state index is 11.5. The smallest absolute Gasteiger partial charge is 0.305 e. The van der Waals surface area contributed by atoms with Gasteiger partial charge in [-0.3, -0.25) is 9.59 Å². The van der Waals surface area contributed by atoms with Gasteiger partial charge in [-0.1, -0.05) is 13.8 Å². The van der Waals surface area contributed by atoms with Crippen molar-refractivity contribution in [2.45, 2.75) is 33.3 Å². The lowest BCUT2D eigenvalue weighted by atomic mass is 9.87. The maximum Gasteiger partial charge on any atom is 0.305 e. The first kappa shape index (κ1) is 15.9. The van der Waals surface area contributed by atoms with Crippen LogP contribution in [0.1, 0.15) is 27.2 Å². The lowest BCUT2D eigenvalue weighted by molar-refractivity contribution is -0.139. The van der Waals surface area contributed by atoms with Crippen molar-refractivity contribution in [2.75, 3.05) is 19.8 Å². The van der Waals surface area contributed by atoms with E-state index in [0.29, 0.717) is 6.61 Å². The molecule has 17 heavy (non-hydrogen) atoms. The lowest BCUT2D eigenvalue weighted by Crippen LogP contribution is -2.46. The number of hydrogen-bond donors (Lipinski definition) is 3. The molecule has 0 heterocycles. The average molecular weight is 247 g/mol. The zero-order valence-corrected chi connectivity index (χ0v) is 10.5. The molecular formula is C11H21NO5. The largest absolute Gasteiger partial charge is 0.481 e. The van der Waals surface area contributed by atoms with Crippen molar-refractivity contribution in [2.24, 2.45) is 5.41 Å². The summed E-state index contributed by atoms with van der Waals surface area (Å²) >= 11 is 0. The number of aliphatic hydroxyl groups excluding tert-OH is 1. The van der Waals surface area contributed by atoms with Gasteiger partial charge in [0.25, 0.3) is 0 Å². The van der Waals surface area contributed by atoms with Gasteiger partial charge in [-0.05, 0) is 6.92 Å². The van der Waals surface area contributed by atoms with Crippen molar-refractivity contribution in [1.29, 1.82) is 0 Å². The van der Waals surface area contributed by atoms with Crippen molar-refractivity contribution in [3.63, 3.8) is 0 Å². The van der Waals surface area contributed by atoms with Crippen molar-refractivity contribution < 1.29 is 24.5 Å². The van der Waals surface area contributed by atoms with Crippen LogP contribution in [0.2, 0.25) is 0 Å². The molecule has 0 spiro atoms. The number of carboxylic acid groups (broad SMARTS) is 1. The fourth-order valence-electron chi connectivity index (χ4n) is 1.19. The van der Waals surface area contributed by atoms with E-state index in [1.807, 2.05) is 6.92 Å². The van der Waals surface area contributed by atoms with Crippen LogP contribution in [0.3, 0.4) is 0 Å². The Morgan fingerprint density at radius 1 is 1.41 bits per heavy atom. The summed E-state index contributed by atoms with van der Waals surface area (Å²) in [4.78, 5) is 21.8. The minimum absolute atomic E-state index is 0.00986. The van der Waals surface area contributed by atoms with Gasteiger partial charge in [-0.2, -0.15) is 0 Å². The van der Waals surface area contributed by atoms with Crippen molar-refractivity contribution >= 4 is 11.9 Å². The average Bonchev–Trinajstić information content (AvgIpc) is 2.24. The predicted octanol–water partition coefficient (Wildman–Crippen LogP) is 0.000900. The van der Waals surface area contributed by atoms with E-state index in [1.54, 1.807) is 13.8 Å². The van der Waals surface area contributed by atoms with Gasteiger partial charge in [0.15, 0.2) is 0 Å². The van der Waals surface area contributed by atoms with Gasteiger partial charge in [0.2, 0.25) is 5.91 Å². The molecule has 1 atom stereocenters. The van der Waals surface area contributed by atoms with Crippen LogP contribution < -0.4 is 5.32 Å². The molecule has 0 aliphatic carbocycles. The zero-order valence-electron chi connectivity index (χ0n) is 10.5. The van der Waals surface area contributed by atoms with E-state index in [0.717, 1.165) is 0 Å². The Kier molecular flexibility index (Phi) is 6.75. The van der Waals surface area contributed by atoms with E-state index < -0.39 is 23.4 Å². The molecule has 6 nitrogen and oxygen atoms in total. The van der Waals surface area contributed by atoms with Gasteiger partial charge in [-0.15, -0.1) is 0 Å². The summed E-state index contributed by atoms with van der Waals surface area (Å²) in [6.45, 7) is 6.04. The van der Waals surface area contributed by atoms with Crippen LogP contribution in [0, 0.1) is 5.41 Å². The molecule has 1 unspecified atom stereocenters. The van der Waals surface area contributed by atoms with Crippen LogP contribution in [0.15, 0.2) is 0 Å². The molecule has 0 radical (unpaired) electrons. The second-order valence-electron chi connectivity index (χ2n) is 4.46. The third-order valence-electron chi connectivity index (χ3n) is 2.30. The molecule has 0 aromatic rings. The first-order chi connectivity index (χ1) is 7.81. The van der Waals surface area contributed by atoms with E-state index >= 15 is 0 Å². The van der Waals surface area contributed by atoms with Gasteiger partial charge in [0, 0.05) is 18.6 Å². The second kappa shape index (κ2) is 7.24. The van der Waals surface area contributed by atoms with Crippen LogP contribution in [0.5, 0.6) is 0 Å². The standard InChI is InChI=1S/C11H21NO5/c1-4-17-7-11(2,3)9(15)10(16)12-6-5-8(13)14/h9,15H,4-7H2,1-3H3,(H,12,16)(H,13,14). The second-order valence-corrected chi connectivity index (χ2v) is 4.46. The van der Waals surface area contributed by atoms with Crippen LogP contribution in [0.4, 0.5) is 0 Å². The molecule has 0 bridgehead atoms. The molecule has 0 fully saturated rings. The highest BCUT2D eigenvalue weighted by atomic mass is 16.5. The van der Waals surface area contributed by atoms with E-state index in [1.165, 1.54) is 0 Å². The summed E-state index contributed by atoms with van der Waals surface area (Å²) < 4.78 is 5.18. The number of hydrogen-bond acceptors (Lipinski definition) is 4. The third kappa shape index (κ3) is 6.23. The van der Waals surface area contributed by atoms with Crippen LogP contribution in [-0.4, -0.2) is 48.0 Å². The first-order valence-corrected chi connectivity index (χ1v) is 5.56. The molecule has 0 rings (SSSR count). The summed E-state index contributed by atoms with van der Waals surface area (Å²) in [6, 6.07) is 0. The number of ether oxygens (including phenoxy) is 1. The lowest BCUT2D eigenvalue weighted by Gasteiger charge is -2.29. The topological polar surface area (TPSA) is 95.9 Å². The Balaban J connectivity index is 4.13. The number of rotatable bonds is 8. The van der Waals surface area contributed by atoms with Gasteiger partial charge in [0.05, 0.1) is 13.0 Å². The molecular weight excluding hydrogens is 226 g/mol. The zero-order chi connectivity index (χ0) is 13.5. The Hall–Kier alpha value is -1.14. The molecule has 0 aliphatic rings. The van der Waals surface area contributed by atoms with Gasteiger partial charge in [-0.25, -0.2) is 0 Å². The Bertz CT molecular complexity index is 265. The van der Waals surface area contributed by atoms with E-state index in [2.05, 4.69) is 5.32 Å². The predicted molar refractivity (Wildman–Crippen MR) is 61.5 cm³/mol. The minimum atomic E-state index is -1.22. The molecule has 0 aliphatic heterocycles. The highest BCUT2D eigenvalue weighted by Crippen LogP contribution is 2.21. The Morgan fingerprint density at radius 3 is 2.47 bits per heavy atom. The maximum absolute atomic E-state index is 11.5. The molecule has 3 N–H and O–H groups in total. The van der Waals surface area contributed by atoms with Gasteiger partial charge < -0.3 is 20.3 Å². The number of aliphatic carboxylic acids is 1. The Labute approximate surface area is 101 Å². The molecule has 1 amide bonds. The number of carbonyl (C=O) groups is 2. The van der Waals surface area contributed by atoms with Crippen molar-refractivity contribution in [3.05, 3.63) is 0 Å². The van der Waals surface area contributed by atoms with E-state index in [-0.39, 0.29) is 19.6 Å². The fraction of sp³-hybridized carbons (Fsp3) is 0.818. The molecule has 0 saturated heterocycles. The number of carboxylic acids is 1. The number of aliphatic hydroxyl groups is 1. The van der Waals surface area contributed by atoms with E-state index in [9.17, 15) is 14.7 Å². The molecule has 0 aromatic heterocycles. The number of amides is 1. The van der Waals surface area contributed by atoms with E-state index in [4.69, 9.17) is 9.84 Å². The van der Waals surface area contributed by atoms with Crippen LogP contribution in [-0.2, 0) is 14.3 Å². The van der Waals surface area contributed by atoms with Gasteiger partial charge >= 0.3 is 5.97 Å². The normalized spacial score (nSPS) is 13.2. The molecule has 0 saturated carbocycles. The van der Waals surface area contributed by atoms with Crippen molar-refractivity contribution in [1.82, 2.24) is 5.32 Å². The summed E-state index contributed by atoms with van der Waals surface area (Å²) in [6.07, 6.45) is -1.38. The summed E-state index contributed by atoms with van der Waals surface area (Å²) in [7, 11) is 0. The van der Waals surface area contributed by atoms with Gasteiger partial charge in [0.1, 0.15) is 6.10 Å². The van der Waals surface area contributed by atoms with Crippen molar-refractivity contribution in [3.8, 4) is 0 Å². The molecule has 100 valence electrons. The number of nitrogens with one attached hydrogen (secondary N) is 1. The summed E-state index contributed by atoms with van der Waals surface area (Å²) in [5.41, 5.74) is -0.705. The monoisotopic (exact) mass is 247 g/mol. The third-order valence-corrected chi connectivity index (χ3v) is 2.30. The first-order valence-electron chi connectivity index (χ1n) is 5.56. The number of carbonyl (C=O) groups excluding carboxylic acids is 1. The quantitative estimate of drug-likeness (QED) is 0.561. The summed E-state index contributed by atoms with van der Waals surface area (Å²) in [5.74, 6) is -1.57. The SMILES string of the molecule is CCOCC(C)(C)C(O)C(=O)NCCC(=O)O. The van der Waals surface area contributed by atoms with Crippen LogP contribution in [0.25, 0.3) is 0 Å².